The van der Waals surface area contributed by atoms with Crippen LogP contribution in [0.5, 0.6) is 0 Å². The lowest BCUT2D eigenvalue weighted by atomic mass is 9.90. The molecule has 0 bridgehead atoms. The van der Waals surface area contributed by atoms with Crippen molar-refractivity contribution >= 4 is 63.1 Å². The maximum atomic E-state index is 13.1. The molecule has 11 heteroatoms. The van der Waals surface area contributed by atoms with Gasteiger partial charge in [0, 0.05) is 74.5 Å². The Balaban J connectivity index is 0.000000188. The highest BCUT2D eigenvalue weighted by atomic mass is 35.5. The van der Waals surface area contributed by atoms with Crippen LogP contribution in [0.25, 0.3) is 21.8 Å². The Morgan fingerprint density at radius 1 is 0.655 bits per heavy atom. The quantitative estimate of drug-likeness (QED) is 0.151. The molecule has 58 heavy (non-hydrogen) atoms. The first-order valence-electron chi connectivity index (χ1n) is 20.0. The Kier molecular flexibility index (Phi) is 14.1. The summed E-state index contributed by atoms with van der Waals surface area (Å²) in [5.41, 5.74) is 5.68. The summed E-state index contributed by atoms with van der Waals surface area (Å²) in [6, 6.07) is 22.6. The summed E-state index contributed by atoms with van der Waals surface area (Å²) in [4.78, 5) is 41.1. The lowest BCUT2D eigenvalue weighted by Gasteiger charge is -2.32. The van der Waals surface area contributed by atoms with Gasteiger partial charge in [-0.3, -0.25) is 14.4 Å². The van der Waals surface area contributed by atoms with Crippen LogP contribution in [-0.4, -0.2) is 63.2 Å². The van der Waals surface area contributed by atoms with Gasteiger partial charge in [0.05, 0.1) is 26.7 Å². The minimum Gasteiger partial charge on any atom is -0.351 e. The fourth-order valence-corrected chi connectivity index (χ4v) is 8.55. The van der Waals surface area contributed by atoms with Gasteiger partial charge in [-0.1, -0.05) is 61.3 Å². The van der Waals surface area contributed by atoms with Crippen molar-refractivity contribution < 1.29 is 23.2 Å². The highest BCUT2D eigenvalue weighted by Gasteiger charge is 2.27. The molecule has 2 aliphatic heterocycles. The third-order valence-electron chi connectivity index (χ3n) is 11.3. The van der Waals surface area contributed by atoms with Gasteiger partial charge in [0.1, 0.15) is 11.6 Å². The van der Waals surface area contributed by atoms with E-state index in [9.17, 15) is 23.2 Å². The number of benzene rings is 4. The molecular weight excluding hydrogens is 777 g/mol. The van der Waals surface area contributed by atoms with Crippen LogP contribution < -0.4 is 0 Å². The monoisotopic (exact) mass is 826 g/mol. The third kappa shape index (κ3) is 9.81. The van der Waals surface area contributed by atoms with Gasteiger partial charge in [-0.2, -0.15) is 0 Å². The number of nitrogens with zero attached hydrogens (tertiary/aromatic N) is 4. The molecule has 0 spiro atoms. The molecule has 4 aromatic carbocycles. The molecule has 2 aliphatic rings. The highest BCUT2D eigenvalue weighted by molar-refractivity contribution is 6.35. The number of hydrogen-bond donors (Lipinski definition) is 0. The first-order valence-corrected chi connectivity index (χ1v) is 20.8. The van der Waals surface area contributed by atoms with Gasteiger partial charge in [0.15, 0.2) is 6.29 Å². The zero-order chi connectivity index (χ0) is 41.5. The van der Waals surface area contributed by atoms with Crippen LogP contribution in [0.15, 0.2) is 91.3 Å². The summed E-state index contributed by atoms with van der Waals surface area (Å²) in [6.07, 6.45) is 10.0. The number of rotatable bonds is 7. The van der Waals surface area contributed by atoms with E-state index >= 15 is 0 Å². The van der Waals surface area contributed by atoms with Gasteiger partial charge in [-0.25, -0.2) is 8.78 Å². The van der Waals surface area contributed by atoms with Crippen LogP contribution in [-0.2, 0) is 26.9 Å². The summed E-state index contributed by atoms with van der Waals surface area (Å²) < 4.78 is 29.9. The molecule has 0 saturated carbocycles. The van der Waals surface area contributed by atoms with Crippen molar-refractivity contribution in [1.29, 1.82) is 0 Å². The van der Waals surface area contributed by atoms with E-state index in [2.05, 4.69) is 0 Å². The number of aldehydes is 1. The van der Waals surface area contributed by atoms with E-state index in [0.717, 1.165) is 90.8 Å². The molecule has 6 aromatic rings. The zero-order valence-electron chi connectivity index (χ0n) is 33.5. The summed E-state index contributed by atoms with van der Waals surface area (Å²) in [7, 11) is 3.81. The Labute approximate surface area is 349 Å². The maximum absolute atomic E-state index is 13.1. The van der Waals surface area contributed by atoms with Crippen LogP contribution >= 0.6 is 23.2 Å². The Hall–Kier alpha value is -4.99. The van der Waals surface area contributed by atoms with E-state index in [1.54, 1.807) is 18.3 Å². The molecule has 0 radical (unpaired) electrons. The fourth-order valence-electron chi connectivity index (χ4n) is 8.07. The van der Waals surface area contributed by atoms with Crippen LogP contribution in [0.4, 0.5) is 8.78 Å². The molecular formula is C47H50Cl2F2N4O3. The van der Waals surface area contributed by atoms with E-state index in [-0.39, 0.29) is 23.4 Å². The van der Waals surface area contributed by atoms with Gasteiger partial charge in [-0.15, -0.1) is 0 Å². The van der Waals surface area contributed by atoms with Crippen LogP contribution in [0, 0.1) is 23.5 Å². The first kappa shape index (κ1) is 42.6. The van der Waals surface area contributed by atoms with E-state index in [1.165, 1.54) is 24.3 Å². The molecule has 4 heterocycles. The van der Waals surface area contributed by atoms with Crippen molar-refractivity contribution in [2.45, 2.75) is 52.4 Å². The Bertz CT molecular complexity index is 2370. The topological polar surface area (TPSA) is 67.5 Å². The van der Waals surface area contributed by atoms with E-state index in [4.69, 9.17) is 23.2 Å². The van der Waals surface area contributed by atoms with Crippen molar-refractivity contribution in [3.63, 3.8) is 0 Å². The molecule has 304 valence electrons. The molecule has 0 atom stereocenters. The average Bonchev–Trinajstić information content (AvgIpc) is 3.76. The van der Waals surface area contributed by atoms with Gasteiger partial charge in [0.2, 0.25) is 0 Å². The number of hydrogen-bond acceptors (Lipinski definition) is 3. The number of aryl methyl sites for hydroxylation is 2. The Morgan fingerprint density at radius 3 is 1.57 bits per heavy atom. The minimum absolute atomic E-state index is 0.00554. The number of likely N-dealkylation sites (tertiary alicyclic amines) is 2. The number of aromatic nitrogens is 2. The SMILES string of the molecule is CC.Cn1cc(C=O)c2cc(C(=O)N3CCC(Cc4ccc(F)cc4)CC3)c(Cl)cc21.Cn1ccc2cc(C(=O)N3CCC(Cc4ccc(F)cc4)CC3)c(Cl)cc21. The van der Waals surface area contributed by atoms with Gasteiger partial charge in [-0.05, 0) is 116 Å². The van der Waals surface area contributed by atoms with E-state index < -0.39 is 0 Å². The molecule has 2 aromatic heterocycles. The molecule has 7 nitrogen and oxygen atoms in total. The summed E-state index contributed by atoms with van der Waals surface area (Å²) in [5, 5.41) is 2.66. The number of carbonyl (C=O) groups excluding carboxylic acids is 3. The first-order chi connectivity index (χ1) is 28.0. The normalized spacial score (nSPS) is 14.8. The maximum Gasteiger partial charge on any atom is 0.255 e. The third-order valence-corrected chi connectivity index (χ3v) is 12.0. The number of piperidine rings is 2. The van der Waals surface area contributed by atoms with Crippen molar-refractivity contribution in [3.8, 4) is 0 Å². The lowest BCUT2D eigenvalue weighted by molar-refractivity contribution is 0.0683. The van der Waals surface area contributed by atoms with E-state index in [1.807, 2.05) is 95.5 Å². The fraction of sp³-hybridized carbons (Fsp3) is 0.340. The van der Waals surface area contributed by atoms with Gasteiger partial charge in [0.25, 0.3) is 11.8 Å². The zero-order valence-corrected chi connectivity index (χ0v) is 35.0. The number of fused-ring (bicyclic) bond motifs is 2. The summed E-state index contributed by atoms with van der Waals surface area (Å²) >= 11 is 12.8. The second-order valence-electron chi connectivity index (χ2n) is 15.1. The van der Waals surface area contributed by atoms with Gasteiger partial charge < -0.3 is 18.9 Å². The largest absolute Gasteiger partial charge is 0.351 e. The molecule has 0 N–H and O–H groups in total. The van der Waals surface area contributed by atoms with E-state index in [0.29, 0.717) is 51.7 Å². The van der Waals surface area contributed by atoms with Crippen LogP contribution in [0.2, 0.25) is 10.0 Å². The average molecular weight is 828 g/mol. The molecule has 2 amide bonds. The highest BCUT2D eigenvalue weighted by Crippen LogP contribution is 2.31. The molecule has 0 aliphatic carbocycles. The second kappa shape index (κ2) is 19.2. The van der Waals surface area contributed by atoms with Crippen molar-refractivity contribution in [2.24, 2.45) is 25.9 Å². The van der Waals surface area contributed by atoms with Crippen LogP contribution in [0.3, 0.4) is 0 Å². The van der Waals surface area contributed by atoms with Crippen molar-refractivity contribution in [1.82, 2.24) is 18.9 Å². The summed E-state index contributed by atoms with van der Waals surface area (Å²) in [6.45, 7) is 6.78. The lowest BCUT2D eigenvalue weighted by Crippen LogP contribution is -2.39. The molecule has 0 unspecified atom stereocenters. The smallest absolute Gasteiger partial charge is 0.255 e. The van der Waals surface area contributed by atoms with Crippen LogP contribution in [0.1, 0.15) is 81.7 Å². The predicted molar refractivity (Wildman–Crippen MR) is 230 cm³/mol. The second-order valence-corrected chi connectivity index (χ2v) is 15.9. The number of halogens is 4. The number of carbonyl (C=O) groups is 3. The van der Waals surface area contributed by atoms with Gasteiger partial charge >= 0.3 is 0 Å². The minimum atomic E-state index is -0.223. The number of amides is 2. The predicted octanol–water partition coefficient (Wildman–Crippen LogP) is 11.0. The van der Waals surface area contributed by atoms with Crippen molar-refractivity contribution in [3.05, 3.63) is 141 Å². The Morgan fingerprint density at radius 2 is 1.10 bits per heavy atom. The standard InChI is InChI=1S/C23H22ClFN2O2.C22H22ClFN2O.C2H6/c1-26-13-17(14-28)19-11-20(21(24)12-22(19)26)23(29)27-8-6-16(7-9-27)10-15-2-4-18(25)5-3-15;1-25-9-8-17-13-19(20(23)14-21(17)25)22(27)26-10-6-16(7-11-26)12-15-2-4-18(24)5-3-15;1-2/h2-5,11-14,16H,6-10H2,1H3;2-5,8-9,13-14,16H,6-7,10-12H2,1H3;1-2H3. The molecule has 2 fully saturated rings. The summed E-state index contributed by atoms with van der Waals surface area (Å²) in [5.74, 6) is 0.472. The molecule has 8 rings (SSSR count). The molecule has 2 saturated heterocycles. The van der Waals surface area contributed by atoms with Crippen molar-refractivity contribution in [2.75, 3.05) is 26.2 Å².